The van der Waals surface area contributed by atoms with Crippen molar-refractivity contribution >= 4 is 0 Å². The van der Waals surface area contributed by atoms with Gasteiger partial charge >= 0.3 is 0 Å². The van der Waals surface area contributed by atoms with Crippen molar-refractivity contribution in [2.24, 2.45) is 5.73 Å². The summed E-state index contributed by atoms with van der Waals surface area (Å²) in [6.07, 6.45) is 2.24. The van der Waals surface area contributed by atoms with Crippen LogP contribution in [0.2, 0.25) is 0 Å². The Morgan fingerprint density at radius 2 is 2.16 bits per heavy atom. The minimum Gasteiger partial charge on any atom is -0.454 e. The summed E-state index contributed by atoms with van der Waals surface area (Å²) < 4.78 is 13.0. The van der Waals surface area contributed by atoms with Crippen LogP contribution in [0, 0.1) is 0 Å². The van der Waals surface area contributed by atoms with Gasteiger partial charge in [-0.2, -0.15) is 0 Å². The molecule has 0 aliphatic carbocycles. The van der Waals surface area contributed by atoms with Crippen molar-refractivity contribution in [3.63, 3.8) is 0 Å². The third-order valence-corrected chi connectivity index (χ3v) is 3.78. The molecule has 0 atom stereocenters. The molecule has 4 rings (SSSR count). The number of ether oxygens (including phenoxy) is 2. The third-order valence-electron chi connectivity index (χ3n) is 3.78. The number of aromatic nitrogens is 2. The number of rotatable bonds is 2. The maximum Gasteiger partial charge on any atom is 0.231 e. The van der Waals surface area contributed by atoms with E-state index in [4.69, 9.17) is 15.2 Å². The summed E-state index contributed by atoms with van der Waals surface area (Å²) in [4.78, 5) is 4.69. The molecular weight excluding hydrogens is 242 g/mol. The normalized spacial score (nSPS) is 15.8. The maximum atomic E-state index is 5.78. The lowest BCUT2D eigenvalue weighted by Gasteiger charge is -2.02. The van der Waals surface area contributed by atoms with E-state index in [1.165, 1.54) is 12.1 Å². The molecule has 0 saturated carbocycles. The monoisotopic (exact) mass is 257 g/mol. The van der Waals surface area contributed by atoms with E-state index in [1.54, 1.807) is 0 Å². The molecule has 1 aromatic carbocycles. The Hall–Kier alpha value is -2.01. The van der Waals surface area contributed by atoms with Crippen LogP contribution in [0.3, 0.4) is 0 Å². The first-order valence-corrected chi connectivity index (χ1v) is 6.55. The molecule has 2 aromatic rings. The summed E-state index contributed by atoms with van der Waals surface area (Å²) in [6.45, 7) is 1.81. The Labute approximate surface area is 111 Å². The van der Waals surface area contributed by atoms with Gasteiger partial charge in [-0.3, -0.25) is 0 Å². The van der Waals surface area contributed by atoms with E-state index >= 15 is 0 Å². The SMILES string of the molecule is NCc1nc(-c2ccc3c(c2)OCO3)c2n1CCC2. The topological polar surface area (TPSA) is 62.3 Å². The molecule has 0 bridgehead atoms. The second kappa shape index (κ2) is 3.99. The van der Waals surface area contributed by atoms with E-state index in [-0.39, 0.29) is 0 Å². The predicted molar refractivity (Wildman–Crippen MR) is 70.0 cm³/mol. The molecule has 2 aliphatic rings. The van der Waals surface area contributed by atoms with E-state index in [9.17, 15) is 0 Å². The van der Waals surface area contributed by atoms with Crippen molar-refractivity contribution in [1.82, 2.24) is 9.55 Å². The van der Waals surface area contributed by atoms with Gasteiger partial charge in [-0.05, 0) is 31.0 Å². The first-order valence-electron chi connectivity index (χ1n) is 6.55. The number of nitrogens with zero attached hydrogens (tertiary/aromatic N) is 2. The van der Waals surface area contributed by atoms with E-state index in [2.05, 4.69) is 9.55 Å². The van der Waals surface area contributed by atoms with Crippen molar-refractivity contribution in [3.8, 4) is 22.8 Å². The van der Waals surface area contributed by atoms with Gasteiger partial charge in [0, 0.05) is 17.8 Å². The van der Waals surface area contributed by atoms with Crippen molar-refractivity contribution < 1.29 is 9.47 Å². The molecule has 2 N–H and O–H groups in total. The molecule has 98 valence electrons. The van der Waals surface area contributed by atoms with Crippen molar-refractivity contribution in [1.29, 1.82) is 0 Å². The number of hydrogen-bond donors (Lipinski definition) is 1. The fraction of sp³-hybridized carbons (Fsp3) is 0.357. The van der Waals surface area contributed by atoms with Gasteiger partial charge in [0.15, 0.2) is 11.5 Å². The zero-order valence-electron chi connectivity index (χ0n) is 10.6. The summed E-state index contributed by atoms with van der Waals surface area (Å²) in [5.41, 5.74) is 9.18. The minimum atomic E-state index is 0.300. The average Bonchev–Trinajstić information content (AvgIpc) is 3.13. The van der Waals surface area contributed by atoms with Gasteiger partial charge in [0.2, 0.25) is 6.79 Å². The molecule has 1 aromatic heterocycles. The Balaban J connectivity index is 1.84. The zero-order chi connectivity index (χ0) is 12.8. The van der Waals surface area contributed by atoms with Crippen LogP contribution in [-0.2, 0) is 19.5 Å². The lowest BCUT2D eigenvalue weighted by Crippen LogP contribution is -2.06. The lowest BCUT2D eigenvalue weighted by atomic mass is 10.1. The molecular formula is C14H15N3O2. The fourth-order valence-electron chi connectivity index (χ4n) is 2.89. The van der Waals surface area contributed by atoms with Gasteiger partial charge in [-0.25, -0.2) is 4.98 Å². The summed E-state index contributed by atoms with van der Waals surface area (Å²) >= 11 is 0. The van der Waals surface area contributed by atoms with Crippen molar-refractivity contribution in [3.05, 3.63) is 29.7 Å². The summed E-state index contributed by atoms with van der Waals surface area (Å²) in [5.74, 6) is 2.57. The fourth-order valence-corrected chi connectivity index (χ4v) is 2.89. The van der Waals surface area contributed by atoms with E-state index < -0.39 is 0 Å². The predicted octanol–water partition coefficient (Wildman–Crippen LogP) is 1.68. The molecule has 0 unspecified atom stereocenters. The van der Waals surface area contributed by atoms with Crippen LogP contribution in [0.1, 0.15) is 17.9 Å². The van der Waals surface area contributed by atoms with Gasteiger partial charge < -0.3 is 19.8 Å². The van der Waals surface area contributed by atoms with Crippen LogP contribution in [0.5, 0.6) is 11.5 Å². The molecule has 0 fully saturated rings. The molecule has 0 radical (unpaired) electrons. The van der Waals surface area contributed by atoms with Crippen molar-refractivity contribution in [2.75, 3.05) is 6.79 Å². The van der Waals surface area contributed by atoms with Gasteiger partial charge in [0.25, 0.3) is 0 Å². The summed E-state index contributed by atoms with van der Waals surface area (Å²) in [6, 6.07) is 5.99. The average molecular weight is 257 g/mol. The van der Waals surface area contributed by atoms with Gasteiger partial charge in [0.1, 0.15) is 5.82 Å². The quantitative estimate of drug-likeness (QED) is 0.889. The molecule has 0 saturated heterocycles. The first-order chi connectivity index (χ1) is 9.36. The Morgan fingerprint density at radius 1 is 1.26 bits per heavy atom. The van der Waals surface area contributed by atoms with Gasteiger partial charge in [-0.1, -0.05) is 0 Å². The first kappa shape index (κ1) is 10.9. The highest BCUT2D eigenvalue weighted by molar-refractivity contribution is 5.67. The standard InChI is InChI=1S/C14H15N3O2/c15-7-13-16-14(10-2-1-5-17(10)13)9-3-4-11-12(6-9)19-8-18-11/h3-4,6H,1-2,5,7-8,15H2. The number of fused-ring (bicyclic) bond motifs is 2. The highest BCUT2D eigenvalue weighted by atomic mass is 16.7. The molecule has 5 nitrogen and oxygen atoms in total. The number of imidazole rings is 1. The highest BCUT2D eigenvalue weighted by Gasteiger charge is 2.23. The smallest absolute Gasteiger partial charge is 0.231 e. The van der Waals surface area contributed by atoms with E-state index in [0.717, 1.165) is 41.5 Å². The second-order valence-corrected chi connectivity index (χ2v) is 4.85. The van der Waals surface area contributed by atoms with Crippen molar-refractivity contribution in [2.45, 2.75) is 25.9 Å². The van der Waals surface area contributed by atoms with Crippen LogP contribution >= 0.6 is 0 Å². The maximum absolute atomic E-state index is 5.78. The number of nitrogens with two attached hydrogens (primary N) is 1. The summed E-state index contributed by atoms with van der Waals surface area (Å²) in [7, 11) is 0. The molecule has 3 heterocycles. The lowest BCUT2D eigenvalue weighted by molar-refractivity contribution is 0.174. The van der Waals surface area contributed by atoms with Crippen LogP contribution in [-0.4, -0.2) is 16.3 Å². The van der Waals surface area contributed by atoms with E-state index in [0.29, 0.717) is 13.3 Å². The van der Waals surface area contributed by atoms with Crippen LogP contribution in [0.4, 0.5) is 0 Å². The number of hydrogen-bond acceptors (Lipinski definition) is 4. The molecule has 0 spiro atoms. The molecule has 2 aliphatic heterocycles. The van der Waals surface area contributed by atoms with Gasteiger partial charge in [-0.15, -0.1) is 0 Å². The van der Waals surface area contributed by atoms with Crippen LogP contribution in [0.25, 0.3) is 11.3 Å². The Morgan fingerprint density at radius 3 is 3.05 bits per heavy atom. The molecule has 0 amide bonds. The Kier molecular flexibility index (Phi) is 2.29. The second-order valence-electron chi connectivity index (χ2n) is 4.85. The number of benzene rings is 1. The summed E-state index contributed by atoms with van der Waals surface area (Å²) in [5, 5.41) is 0. The Bertz CT molecular complexity index is 648. The van der Waals surface area contributed by atoms with Gasteiger partial charge in [0.05, 0.1) is 12.2 Å². The zero-order valence-corrected chi connectivity index (χ0v) is 10.6. The molecule has 5 heteroatoms. The van der Waals surface area contributed by atoms with Crippen LogP contribution in [0.15, 0.2) is 18.2 Å². The highest BCUT2D eigenvalue weighted by Crippen LogP contribution is 2.37. The molecule has 19 heavy (non-hydrogen) atoms. The van der Waals surface area contributed by atoms with E-state index in [1.807, 2.05) is 18.2 Å². The minimum absolute atomic E-state index is 0.300. The van der Waals surface area contributed by atoms with Crippen LogP contribution < -0.4 is 15.2 Å². The third kappa shape index (κ3) is 1.55. The largest absolute Gasteiger partial charge is 0.454 e.